The Kier molecular flexibility index (Phi) is 4.20. The fourth-order valence-corrected chi connectivity index (χ4v) is 3.46. The molecule has 0 atom stereocenters. The lowest BCUT2D eigenvalue weighted by Gasteiger charge is -2.24. The molecule has 3 aromatic rings. The molecule has 2 aromatic heterocycles. The molecule has 0 unspecified atom stereocenters. The van der Waals surface area contributed by atoms with Crippen LogP contribution < -0.4 is 16.8 Å². The highest BCUT2D eigenvalue weighted by atomic mass is 19.2. The molecule has 0 saturated heterocycles. The van der Waals surface area contributed by atoms with Crippen LogP contribution in [-0.2, 0) is 0 Å². The molecule has 0 spiro atoms. The second-order valence-corrected chi connectivity index (χ2v) is 6.75. The zero-order valence-corrected chi connectivity index (χ0v) is 14.1. The summed E-state index contributed by atoms with van der Waals surface area (Å²) in [5.41, 5.74) is 13.8. The van der Waals surface area contributed by atoms with Gasteiger partial charge in [0.1, 0.15) is 5.82 Å². The molecule has 5 N–H and O–H groups in total. The summed E-state index contributed by atoms with van der Waals surface area (Å²) in [6, 6.07) is 5.78. The number of anilines is 3. The van der Waals surface area contributed by atoms with E-state index in [1.807, 2.05) is 6.20 Å². The van der Waals surface area contributed by atoms with Gasteiger partial charge in [0, 0.05) is 18.0 Å². The van der Waals surface area contributed by atoms with Crippen LogP contribution in [0.2, 0.25) is 0 Å². The number of fused-ring (bicyclic) bond motifs is 1. The fourth-order valence-electron chi connectivity index (χ4n) is 3.46. The molecule has 136 valence electrons. The molecule has 1 aromatic carbocycles. The van der Waals surface area contributed by atoms with Crippen molar-refractivity contribution >= 4 is 22.8 Å². The minimum atomic E-state index is -0.950. The van der Waals surface area contributed by atoms with Gasteiger partial charge in [-0.1, -0.05) is 6.07 Å². The molecule has 0 bridgehead atoms. The maximum absolute atomic E-state index is 14.0. The van der Waals surface area contributed by atoms with E-state index in [-0.39, 0.29) is 17.5 Å². The van der Waals surface area contributed by atoms with Gasteiger partial charge in [0.25, 0.3) is 0 Å². The Bertz CT molecular complexity index is 946. The molecule has 1 aliphatic rings. The van der Waals surface area contributed by atoms with Gasteiger partial charge in [-0.3, -0.25) is 0 Å². The Labute approximate surface area is 149 Å². The van der Waals surface area contributed by atoms with Crippen LogP contribution in [0.25, 0.3) is 5.65 Å². The lowest BCUT2D eigenvalue weighted by atomic mass is 9.85. The van der Waals surface area contributed by atoms with Crippen LogP contribution in [0.1, 0.15) is 37.3 Å². The summed E-state index contributed by atoms with van der Waals surface area (Å²) in [4.78, 5) is 4.68. The largest absolute Gasteiger partial charge is 0.382 e. The molecule has 1 fully saturated rings. The van der Waals surface area contributed by atoms with Crippen molar-refractivity contribution in [3.8, 4) is 0 Å². The predicted molar refractivity (Wildman–Crippen MR) is 96.2 cm³/mol. The van der Waals surface area contributed by atoms with Gasteiger partial charge in [-0.25, -0.2) is 18.3 Å². The van der Waals surface area contributed by atoms with Crippen molar-refractivity contribution in [2.75, 3.05) is 11.1 Å². The van der Waals surface area contributed by atoms with E-state index in [4.69, 9.17) is 11.5 Å². The SMILES string of the molecule is Nc1cc(Nc2cccc(F)c2F)c2nc(C3CCC(N)CC3)cn2n1. The molecular weight excluding hydrogens is 338 g/mol. The van der Waals surface area contributed by atoms with Gasteiger partial charge in [-0.2, -0.15) is 0 Å². The first-order chi connectivity index (χ1) is 12.5. The summed E-state index contributed by atoms with van der Waals surface area (Å²) in [5, 5.41) is 7.13. The van der Waals surface area contributed by atoms with E-state index in [1.54, 1.807) is 10.6 Å². The minimum Gasteiger partial charge on any atom is -0.382 e. The molecule has 2 heterocycles. The first kappa shape index (κ1) is 16.7. The molecule has 8 heteroatoms. The van der Waals surface area contributed by atoms with Crippen molar-refractivity contribution < 1.29 is 8.78 Å². The lowest BCUT2D eigenvalue weighted by Crippen LogP contribution is -2.25. The second-order valence-electron chi connectivity index (χ2n) is 6.75. The van der Waals surface area contributed by atoms with Gasteiger partial charge in [0.15, 0.2) is 17.3 Å². The Morgan fingerprint density at radius 1 is 1.12 bits per heavy atom. The van der Waals surface area contributed by atoms with Crippen LogP contribution >= 0.6 is 0 Å². The molecule has 0 radical (unpaired) electrons. The number of aromatic nitrogens is 3. The van der Waals surface area contributed by atoms with Crippen LogP contribution in [0.5, 0.6) is 0 Å². The molecule has 26 heavy (non-hydrogen) atoms. The maximum atomic E-state index is 14.0. The Hall–Kier alpha value is -2.74. The van der Waals surface area contributed by atoms with Crippen LogP contribution in [0.3, 0.4) is 0 Å². The number of benzene rings is 1. The minimum absolute atomic E-state index is 0.0192. The Morgan fingerprint density at radius 3 is 2.65 bits per heavy atom. The van der Waals surface area contributed by atoms with Crippen LogP contribution in [0, 0.1) is 11.6 Å². The van der Waals surface area contributed by atoms with E-state index in [0.717, 1.165) is 37.4 Å². The molecule has 1 aliphatic carbocycles. The van der Waals surface area contributed by atoms with Crippen molar-refractivity contribution in [3.63, 3.8) is 0 Å². The quantitative estimate of drug-likeness (QED) is 0.668. The second kappa shape index (κ2) is 6.53. The van der Waals surface area contributed by atoms with Gasteiger partial charge in [0.2, 0.25) is 0 Å². The first-order valence-corrected chi connectivity index (χ1v) is 8.63. The Balaban J connectivity index is 1.71. The third kappa shape index (κ3) is 3.08. The van der Waals surface area contributed by atoms with E-state index in [2.05, 4.69) is 15.4 Å². The summed E-state index contributed by atoms with van der Waals surface area (Å²) >= 11 is 0. The van der Waals surface area contributed by atoms with Gasteiger partial charge < -0.3 is 16.8 Å². The zero-order valence-electron chi connectivity index (χ0n) is 14.1. The van der Waals surface area contributed by atoms with Crippen molar-refractivity contribution in [1.82, 2.24) is 14.6 Å². The van der Waals surface area contributed by atoms with Crippen molar-refractivity contribution in [1.29, 1.82) is 0 Å². The van der Waals surface area contributed by atoms with Gasteiger partial charge >= 0.3 is 0 Å². The monoisotopic (exact) mass is 358 g/mol. The first-order valence-electron chi connectivity index (χ1n) is 8.63. The van der Waals surface area contributed by atoms with Gasteiger partial charge in [-0.05, 0) is 37.8 Å². The molecule has 1 saturated carbocycles. The van der Waals surface area contributed by atoms with E-state index in [9.17, 15) is 8.78 Å². The summed E-state index contributed by atoms with van der Waals surface area (Å²) in [7, 11) is 0. The number of halogens is 2. The summed E-state index contributed by atoms with van der Waals surface area (Å²) < 4.78 is 29.0. The van der Waals surface area contributed by atoms with Crippen LogP contribution in [0.15, 0.2) is 30.5 Å². The number of rotatable bonds is 3. The maximum Gasteiger partial charge on any atom is 0.182 e. The standard InChI is InChI=1S/C18H20F2N6/c19-12-2-1-3-13(17(12)20)23-14-8-16(22)25-26-9-15(24-18(14)26)10-4-6-11(21)7-5-10/h1-3,8-11,23H,4-7,21H2,(H2,22,25). The van der Waals surface area contributed by atoms with E-state index in [0.29, 0.717) is 17.3 Å². The highest BCUT2D eigenvalue weighted by Gasteiger charge is 2.23. The smallest absolute Gasteiger partial charge is 0.182 e. The number of hydrogen-bond donors (Lipinski definition) is 3. The van der Waals surface area contributed by atoms with E-state index >= 15 is 0 Å². The third-order valence-electron chi connectivity index (χ3n) is 4.87. The fraction of sp³-hybridized carbons (Fsp3) is 0.333. The average molecular weight is 358 g/mol. The topological polar surface area (TPSA) is 94.3 Å². The number of nitrogen functional groups attached to an aromatic ring is 1. The van der Waals surface area contributed by atoms with Crippen LogP contribution in [0.4, 0.5) is 26.0 Å². The Morgan fingerprint density at radius 2 is 1.88 bits per heavy atom. The molecule has 0 aliphatic heterocycles. The summed E-state index contributed by atoms with van der Waals surface area (Å²) in [5.74, 6) is -1.30. The zero-order chi connectivity index (χ0) is 18.3. The van der Waals surface area contributed by atoms with Crippen molar-refractivity contribution in [2.45, 2.75) is 37.6 Å². The molecule has 0 amide bonds. The van der Waals surface area contributed by atoms with Crippen LogP contribution in [-0.4, -0.2) is 20.6 Å². The predicted octanol–water partition coefficient (Wildman–Crippen LogP) is 3.32. The number of hydrogen-bond acceptors (Lipinski definition) is 5. The van der Waals surface area contributed by atoms with Crippen molar-refractivity contribution in [2.24, 2.45) is 5.73 Å². The van der Waals surface area contributed by atoms with Crippen molar-refractivity contribution in [3.05, 3.63) is 47.8 Å². The third-order valence-corrected chi connectivity index (χ3v) is 4.87. The average Bonchev–Trinajstić information content (AvgIpc) is 3.03. The lowest BCUT2D eigenvalue weighted by molar-refractivity contribution is 0.391. The summed E-state index contributed by atoms with van der Waals surface area (Å²) in [6.07, 6.45) is 5.73. The molecule has 6 nitrogen and oxygen atoms in total. The molecule has 4 rings (SSSR count). The number of imidazole rings is 1. The van der Waals surface area contributed by atoms with E-state index < -0.39 is 11.6 Å². The number of nitrogens with zero attached hydrogens (tertiary/aromatic N) is 3. The van der Waals surface area contributed by atoms with Gasteiger partial charge in [0.05, 0.1) is 23.3 Å². The number of nitrogens with one attached hydrogen (secondary N) is 1. The highest BCUT2D eigenvalue weighted by Crippen LogP contribution is 2.33. The summed E-state index contributed by atoms with van der Waals surface area (Å²) in [6.45, 7) is 0. The number of nitrogens with two attached hydrogens (primary N) is 2. The normalized spacial score (nSPS) is 20.4. The molecular formula is C18H20F2N6. The highest BCUT2D eigenvalue weighted by molar-refractivity contribution is 5.75. The van der Waals surface area contributed by atoms with Gasteiger partial charge in [-0.15, -0.1) is 5.10 Å². The van der Waals surface area contributed by atoms with E-state index in [1.165, 1.54) is 12.1 Å².